The van der Waals surface area contributed by atoms with Crippen LogP contribution in [0.15, 0.2) is 48.5 Å². The molecule has 0 aliphatic heterocycles. The molecule has 2 rings (SSSR count). The largest absolute Gasteiger partial charge is 0.502 e. The van der Waals surface area contributed by atoms with Gasteiger partial charge >= 0.3 is 5.69 Å². The van der Waals surface area contributed by atoms with Gasteiger partial charge in [-0.3, -0.25) is 14.9 Å². The number of amides is 1. The van der Waals surface area contributed by atoms with E-state index in [2.05, 4.69) is 5.32 Å². The van der Waals surface area contributed by atoms with Crippen LogP contribution in [0.1, 0.15) is 24.2 Å². The molecular weight excluding hydrogens is 272 g/mol. The summed E-state index contributed by atoms with van der Waals surface area (Å²) >= 11 is 0. The Morgan fingerprint density at radius 1 is 1.10 bits per heavy atom. The van der Waals surface area contributed by atoms with E-state index < -0.39 is 22.3 Å². The van der Waals surface area contributed by atoms with E-state index in [0.717, 1.165) is 6.07 Å². The molecule has 2 aromatic carbocycles. The topological polar surface area (TPSA) is 92.5 Å². The number of phenols is 1. The van der Waals surface area contributed by atoms with Crippen molar-refractivity contribution in [2.75, 3.05) is 5.32 Å². The molecule has 6 nitrogen and oxygen atoms in total. The molecule has 110 valence electrons. The molecule has 21 heavy (non-hydrogen) atoms. The van der Waals surface area contributed by atoms with Gasteiger partial charge in [-0.15, -0.1) is 0 Å². The van der Waals surface area contributed by atoms with E-state index >= 15 is 0 Å². The quantitative estimate of drug-likeness (QED) is 0.667. The van der Waals surface area contributed by atoms with Gasteiger partial charge in [0.15, 0.2) is 0 Å². The lowest BCUT2D eigenvalue weighted by molar-refractivity contribution is -0.385. The average molecular weight is 288 g/mol. The summed E-state index contributed by atoms with van der Waals surface area (Å²) in [5.41, 5.74) is -0.0998. The first-order valence-electron chi connectivity index (χ1n) is 6.42. The molecular formula is C15H16N2O4. The summed E-state index contributed by atoms with van der Waals surface area (Å²) in [5, 5.41) is 22.9. The second kappa shape index (κ2) is 7.64. The highest BCUT2D eigenvalue weighted by Gasteiger charge is 2.20. The van der Waals surface area contributed by atoms with Gasteiger partial charge < -0.3 is 10.4 Å². The molecule has 0 saturated carbocycles. The van der Waals surface area contributed by atoms with Crippen molar-refractivity contribution in [3.63, 3.8) is 0 Å². The number of para-hydroxylation sites is 2. The van der Waals surface area contributed by atoms with Crippen molar-refractivity contribution in [3.8, 4) is 5.75 Å². The first-order valence-corrected chi connectivity index (χ1v) is 6.42. The normalized spacial score (nSPS) is 9.24. The van der Waals surface area contributed by atoms with Crippen molar-refractivity contribution in [2.24, 2.45) is 0 Å². The van der Waals surface area contributed by atoms with Gasteiger partial charge in [-0.2, -0.15) is 0 Å². The number of carbonyl (C=O) groups is 1. The third-order valence-corrected chi connectivity index (χ3v) is 2.49. The maximum absolute atomic E-state index is 11.9. The Balaban J connectivity index is 0.00000106. The number of phenolic OH excluding ortho intramolecular Hbond substituents is 1. The Labute approximate surface area is 122 Å². The van der Waals surface area contributed by atoms with Crippen LogP contribution in [0.2, 0.25) is 0 Å². The number of benzene rings is 2. The fourth-order valence-electron chi connectivity index (χ4n) is 1.58. The minimum absolute atomic E-state index is 0.141. The third kappa shape index (κ3) is 4.04. The molecule has 0 aliphatic rings. The van der Waals surface area contributed by atoms with Crippen molar-refractivity contribution in [3.05, 3.63) is 64.2 Å². The van der Waals surface area contributed by atoms with Crippen molar-refractivity contribution in [2.45, 2.75) is 13.8 Å². The Kier molecular flexibility index (Phi) is 5.88. The van der Waals surface area contributed by atoms with Gasteiger partial charge in [0.2, 0.25) is 5.75 Å². The zero-order valence-corrected chi connectivity index (χ0v) is 11.7. The lowest BCUT2D eigenvalue weighted by Gasteiger charge is -2.06. The number of aromatic hydroxyl groups is 1. The van der Waals surface area contributed by atoms with E-state index in [1.54, 1.807) is 30.3 Å². The smallest absolute Gasteiger partial charge is 0.311 e. The standard InChI is InChI=1S/C13H10N2O4.C2H6/c16-12-10(7-4-8-11(12)15(18)19)13(17)14-9-5-2-1-3-6-9;1-2/h1-8,16H,(H,14,17);1-2H3. The SMILES string of the molecule is CC.O=C(Nc1ccccc1)c1cccc([N+](=O)[O-])c1O. The number of hydrogen-bond acceptors (Lipinski definition) is 4. The van der Waals surface area contributed by atoms with Crippen LogP contribution in [0.5, 0.6) is 5.75 Å². The Bertz CT molecular complexity index is 627. The summed E-state index contributed by atoms with van der Waals surface area (Å²) in [5.74, 6) is -1.24. The van der Waals surface area contributed by atoms with Gasteiger partial charge in [-0.05, 0) is 18.2 Å². The lowest BCUT2D eigenvalue weighted by atomic mass is 10.1. The number of nitrogens with one attached hydrogen (secondary N) is 1. The van der Waals surface area contributed by atoms with Crippen LogP contribution in [0.3, 0.4) is 0 Å². The zero-order chi connectivity index (χ0) is 15.8. The summed E-state index contributed by atoms with van der Waals surface area (Å²) in [6.45, 7) is 4.00. The van der Waals surface area contributed by atoms with Gasteiger partial charge in [0.05, 0.1) is 10.5 Å². The number of hydrogen-bond donors (Lipinski definition) is 2. The first kappa shape index (κ1) is 16.2. The highest BCUT2D eigenvalue weighted by Crippen LogP contribution is 2.29. The molecule has 6 heteroatoms. The van der Waals surface area contributed by atoms with Crippen LogP contribution in [0, 0.1) is 10.1 Å². The molecule has 0 heterocycles. The highest BCUT2D eigenvalue weighted by molar-refractivity contribution is 6.06. The van der Waals surface area contributed by atoms with Crippen LogP contribution >= 0.6 is 0 Å². The van der Waals surface area contributed by atoms with Crippen molar-refractivity contribution in [1.29, 1.82) is 0 Å². The van der Waals surface area contributed by atoms with Gasteiger partial charge in [0, 0.05) is 11.8 Å². The molecule has 0 spiro atoms. The van der Waals surface area contributed by atoms with Crippen molar-refractivity contribution in [1.82, 2.24) is 0 Å². The zero-order valence-electron chi connectivity index (χ0n) is 11.7. The Hall–Kier alpha value is -2.89. The molecule has 0 unspecified atom stereocenters. The average Bonchev–Trinajstić information content (AvgIpc) is 2.50. The number of nitrogens with zero attached hydrogens (tertiary/aromatic N) is 1. The fourth-order valence-corrected chi connectivity index (χ4v) is 1.58. The van der Waals surface area contributed by atoms with Crippen LogP contribution in [-0.2, 0) is 0 Å². The minimum atomic E-state index is -0.741. The van der Waals surface area contributed by atoms with Gasteiger partial charge in [-0.25, -0.2) is 0 Å². The number of rotatable bonds is 3. The predicted octanol–water partition coefficient (Wildman–Crippen LogP) is 3.58. The van der Waals surface area contributed by atoms with Crippen LogP contribution < -0.4 is 5.32 Å². The molecule has 0 fully saturated rings. The van der Waals surface area contributed by atoms with E-state index in [1.165, 1.54) is 12.1 Å². The molecule has 0 atom stereocenters. The maximum atomic E-state index is 11.9. The highest BCUT2D eigenvalue weighted by atomic mass is 16.6. The molecule has 2 N–H and O–H groups in total. The molecule has 0 aliphatic carbocycles. The van der Waals surface area contributed by atoms with E-state index in [0.29, 0.717) is 5.69 Å². The molecule has 0 aromatic heterocycles. The Morgan fingerprint density at radius 2 is 1.71 bits per heavy atom. The van der Waals surface area contributed by atoms with E-state index in [4.69, 9.17) is 0 Å². The second-order valence-corrected chi connectivity index (χ2v) is 3.75. The summed E-state index contributed by atoms with van der Waals surface area (Å²) in [6, 6.07) is 12.4. The summed E-state index contributed by atoms with van der Waals surface area (Å²) in [7, 11) is 0. The third-order valence-electron chi connectivity index (χ3n) is 2.49. The molecule has 2 aromatic rings. The molecule has 0 bridgehead atoms. The van der Waals surface area contributed by atoms with E-state index in [-0.39, 0.29) is 5.56 Å². The van der Waals surface area contributed by atoms with Crippen LogP contribution in [0.25, 0.3) is 0 Å². The fraction of sp³-hybridized carbons (Fsp3) is 0.133. The summed E-state index contributed by atoms with van der Waals surface area (Å²) in [6.07, 6.45) is 0. The molecule has 1 amide bonds. The van der Waals surface area contributed by atoms with Crippen molar-refractivity contribution < 1.29 is 14.8 Å². The van der Waals surface area contributed by atoms with Gasteiger partial charge in [-0.1, -0.05) is 38.1 Å². The Morgan fingerprint density at radius 3 is 2.29 bits per heavy atom. The lowest BCUT2D eigenvalue weighted by Crippen LogP contribution is -2.12. The summed E-state index contributed by atoms with van der Waals surface area (Å²) < 4.78 is 0. The molecule has 0 radical (unpaired) electrons. The van der Waals surface area contributed by atoms with E-state index in [9.17, 15) is 20.0 Å². The second-order valence-electron chi connectivity index (χ2n) is 3.75. The van der Waals surface area contributed by atoms with Crippen molar-refractivity contribution >= 4 is 17.3 Å². The number of carbonyl (C=O) groups excluding carboxylic acids is 1. The van der Waals surface area contributed by atoms with Crippen LogP contribution in [-0.4, -0.2) is 15.9 Å². The monoisotopic (exact) mass is 288 g/mol. The van der Waals surface area contributed by atoms with E-state index in [1.807, 2.05) is 13.8 Å². The van der Waals surface area contributed by atoms with Gasteiger partial charge in [0.25, 0.3) is 5.91 Å². The molecule has 0 saturated heterocycles. The predicted molar refractivity (Wildman–Crippen MR) is 80.5 cm³/mol. The summed E-state index contributed by atoms with van der Waals surface area (Å²) in [4.78, 5) is 21.8. The number of nitro benzene ring substituents is 1. The minimum Gasteiger partial charge on any atom is -0.502 e. The maximum Gasteiger partial charge on any atom is 0.311 e. The number of nitro groups is 1. The van der Waals surface area contributed by atoms with Crippen LogP contribution in [0.4, 0.5) is 11.4 Å². The van der Waals surface area contributed by atoms with Gasteiger partial charge in [0.1, 0.15) is 0 Å². The first-order chi connectivity index (χ1) is 10.1. The number of anilines is 1.